The second kappa shape index (κ2) is 11.4. The van der Waals surface area contributed by atoms with Gasteiger partial charge in [-0.3, -0.25) is 9.78 Å². The molecule has 1 amide bonds. The number of amides is 1. The lowest BCUT2D eigenvalue weighted by Gasteiger charge is -2.22. The average molecular weight is 551 g/mol. The van der Waals surface area contributed by atoms with Crippen molar-refractivity contribution in [1.82, 2.24) is 9.88 Å². The number of rotatable bonds is 7. The molecule has 1 aromatic heterocycles. The maximum absolute atomic E-state index is 13.5. The summed E-state index contributed by atoms with van der Waals surface area (Å²) in [6, 6.07) is 10.7. The lowest BCUT2D eigenvalue weighted by atomic mass is 9.89. The molecule has 0 aliphatic rings. The molecular formula is C30H32F6N2O. The van der Waals surface area contributed by atoms with E-state index in [0.717, 1.165) is 34.6 Å². The number of carbonyl (C=O) groups is 1. The maximum Gasteiger partial charge on any atom is 0.416 e. The summed E-state index contributed by atoms with van der Waals surface area (Å²) < 4.78 is 79.9. The van der Waals surface area contributed by atoms with Crippen molar-refractivity contribution in [1.29, 1.82) is 0 Å². The van der Waals surface area contributed by atoms with Crippen molar-refractivity contribution in [2.75, 3.05) is 7.05 Å². The summed E-state index contributed by atoms with van der Waals surface area (Å²) in [5.41, 5.74) is 0.375. The lowest BCUT2D eigenvalue weighted by molar-refractivity contribution is -0.143. The van der Waals surface area contributed by atoms with Crippen LogP contribution >= 0.6 is 0 Å². The molecule has 9 heteroatoms. The Morgan fingerprint density at radius 1 is 0.872 bits per heavy atom. The van der Waals surface area contributed by atoms with Crippen LogP contribution in [0.5, 0.6) is 0 Å². The number of aromatic nitrogens is 1. The molecule has 0 saturated carbocycles. The molecule has 0 radical (unpaired) electrons. The highest BCUT2D eigenvalue weighted by molar-refractivity contribution is 6.00. The van der Waals surface area contributed by atoms with Gasteiger partial charge in [0.05, 0.1) is 16.7 Å². The minimum absolute atomic E-state index is 0.0733. The fourth-order valence-corrected chi connectivity index (χ4v) is 4.37. The number of alkyl halides is 6. The Kier molecular flexibility index (Phi) is 8.82. The fraction of sp³-hybridized carbons (Fsp3) is 0.400. The lowest BCUT2D eigenvalue weighted by Crippen LogP contribution is -2.27. The number of hydrogen-bond acceptors (Lipinski definition) is 2. The second-order valence-corrected chi connectivity index (χ2v) is 11.0. The zero-order valence-electron chi connectivity index (χ0n) is 22.6. The van der Waals surface area contributed by atoms with E-state index in [4.69, 9.17) is 0 Å². The summed E-state index contributed by atoms with van der Waals surface area (Å²) >= 11 is 0. The molecule has 1 heterocycles. The minimum Gasteiger partial charge on any atom is -0.337 e. The molecule has 3 nitrogen and oxygen atoms in total. The normalized spacial score (nSPS) is 12.5. The Morgan fingerprint density at radius 2 is 1.46 bits per heavy atom. The molecule has 0 unspecified atom stereocenters. The van der Waals surface area contributed by atoms with Crippen LogP contribution in [0, 0.1) is 12.3 Å². The first-order valence-electron chi connectivity index (χ1n) is 12.5. The van der Waals surface area contributed by atoms with Gasteiger partial charge >= 0.3 is 12.4 Å². The molecule has 3 aromatic rings. The molecule has 0 spiro atoms. The van der Waals surface area contributed by atoms with Crippen LogP contribution in [0.25, 0.3) is 11.1 Å². The van der Waals surface area contributed by atoms with Gasteiger partial charge in [0, 0.05) is 25.5 Å². The van der Waals surface area contributed by atoms with Crippen LogP contribution in [0.3, 0.4) is 0 Å². The van der Waals surface area contributed by atoms with Gasteiger partial charge < -0.3 is 4.90 Å². The van der Waals surface area contributed by atoms with Crippen molar-refractivity contribution in [2.24, 2.45) is 5.41 Å². The number of carbonyl (C=O) groups excluding carboxylic acids is 1. The third kappa shape index (κ3) is 8.07. The number of aryl methyl sites for hydroxylation is 2. The highest BCUT2D eigenvalue weighted by Gasteiger charge is 2.37. The number of halogens is 6. The molecule has 0 N–H and O–H groups in total. The predicted molar refractivity (Wildman–Crippen MR) is 139 cm³/mol. The van der Waals surface area contributed by atoms with Gasteiger partial charge in [0.1, 0.15) is 0 Å². The molecular weight excluding hydrogens is 518 g/mol. The third-order valence-corrected chi connectivity index (χ3v) is 6.40. The number of hydrogen-bond donors (Lipinski definition) is 0. The van der Waals surface area contributed by atoms with Gasteiger partial charge in [-0.2, -0.15) is 26.3 Å². The van der Waals surface area contributed by atoms with Crippen molar-refractivity contribution >= 4 is 5.91 Å². The summed E-state index contributed by atoms with van der Waals surface area (Å²) in [6.07, 6.45) is -5.92. The first-order chi connectivity index (χ1) is 18.0. The van der Waals surface area contributed by atoms with Crippen molar-refractivity contribution in [3.63, 3.8) is 0 Å². The van der Waals surface area contributed by atoms with Crippen LogP contribution in [0.1, 0.15) is 71.9 Å². The van der Waals surface area contributed by atoms with Gasteiger partial charge in [0.25, 0.3) is 5.91 Å². The van der Waals surface area contributed by atoms with Crippen LogP contribution < -0.4 is 0 Å². The zero-order valence-corrected chi connectivity index (χ0v) is 22.6. The predicted octanol–water partition coefficient (Wildman–Crippen LogP) is 8.74. The molecule has 2 aromatic carbocycles. The first-order valence-corrected chi connectivity index (χ1v) is 12.5. The number of nitrogens with zero attached hydrogens (tertiary/aromatic N) is 2. The van der Waals surface area contributed by atoms with Crippen molar-refractivity contribution in [3.8, 4) is 11.1 Å². The summed E-state index contributed by atoms with van der Waals surface area (Å²) in [6.45, 7) is 7.90. The molecule has 0 bridgehead atoms. The summed E-state index contributed by atoms with van der Waals surface area (Å²) in [5.74, 6) is -0.562. The van der Waals surface area contributed by atoms with Crippen molar-refractivity contribution in [3.05, 3.63) is 88.2 Å². The van der Waals surface area contributed by atoms with E-state index in [1.807, 2.05) is 37.3 Å². The topological polar surface area (TPSA) is 33.2 Å². The largest absolute Gasteiger partial charge is 0.416 e. The van der Waals surface area contributed by atoms with E-state index in [9.17, 15) is 31.1 Å². The Bertz CT molecular complexity index is 1290. The third-order valence-electron chi connectivity index (χ3n) is 6.40. The highest BCUT2D eigenvalue weighted by Crippen LogP contribution is 2.37. The molecule has 3 rings (SSSR count). The van der Waals surface area contributed by atoms with E-state index in [1.165, 1.54) is 13.2 Å². The van der Waals surface area contributed by atoms with E-state index in [2.05, 4.69) is 25.8 Å². The Balaban J connectivity index is 1.97. The van der Waals surface area contributed by atoms with Crippen LogP contribution in [0.4, 0.5) is 26.3 Å². The van der Waals surface area contributed by atoms with Gasteiger partial charge in [0.2, 0.25) is 0 Å². The molecule has 0 fully saturated rings. The molecule has 0 atom stereocenters. The van der Waals surface area contributed by atoms with Crippen LogP contribution in [-0.4, -0.2) is 22.8 Å². The van der Waals surface area contributed by atoms with Gasteiger partial charge in [-0.1, -0.05) is 45.0 Å². The summed E-state index contributed by atoms with van der Waals surface area (Å²) in [7, 11) is 1.34. The highest BCUT2D eigenvalue weighted by atomic mass is 19.4. The van der Waals surface area contributed by atoms with E-state index >= 15 is 0 Å². The van der Waals surface area contributed by atoms with Gasteiger partial charge in [-0.25, -0.2) is 0 Å². The maximum atomic E-state index is 13.5. The van der Waals surface area contributed by atoms with Gasteiger partial charge in [-0.05, 0) is 78.1 Å². The Hall–Kier alpha value is -3.36. The zero-order chi connectivity index (χ0) is 29.2. The second-order valence-electron chi connectivity index (χ2n) is 11.0. The molecule has 210 valence electrons. The number of pyridine rings is 1. The van der Waals surface area contributed by atoms with E-state index in [1.54, 1.807) is 0 Å². The minimum atomic E-state index is -4.97. The van der Waals surface area contributed by atoms with Crippen LogP contribution in [0.15, 0.2) is 54.7 Å². The average Bonchev–Trinajstić information content (AvgIpc) is 2.82. The number of benzene rings is 2. The van der Waals surface area contributed by atoms with E-state index < -0.39 is 35.9 Å². The monoisotopic (exact) mass is 550 g/mol. The molecule has 39 heavy (non-hydrogen) atoms. The fourth-order valence-electron chi connectivity index (χ4n) is 4.37. The molecule has 0 aliphatic carbocycles. The van der Waals surface area contributed by atoms with Crippen LogP contribution in [0.2, 0.25) is 0 Å². The van der Waals surface area contributed by atoms with E-state index in [-0.39, 0.29) is 22.6 Å². The van der Waals surface area contributed by atoms with Gasteiger partial charge in [0.15, 0.2) is 0 Å². The molecule has 0 aliphatic heterocycles. The SMILES string of the molecule is Cc1ccccc1-c1cc(CCCC(C)(C)C)ncc1C(=O)N(C)Cc1cc(C(F)(F)F)cc(C(F)(F)F)c1. The van der Waals surface area contributed by atoms with Gasteiger partial charge in [-0.15, -0.1) is 0 Å². The Morgan fingerprint density at radius 3 is 2.00 bits per heavy atom. The smallest absolute Gasteiger partial charge is 0.337 e. The molecule has 0 saturated heterocycles. The quantitative estimate of drug-likeness (QED) is 0.276. The standard InChI is InChI=1S/C30H32F6N2O/c1-19-9-6-7-11-24(19)25-16-23(10-8-12-28(2,3)4)37-17-26(25)27(39)38(5)18-20-13-21(29(31,32)33)15-22(14-20)30(34,35)36/h6-7,9,11,13-17H,8,10,12,18H2,1-5H3. The summed E-state index contributed by atoms with van der Waals surface area (Å²) in [5, 5.41) is 0. The van der Waals surface area contributed by atoms with Crippen molar-refractivity contribution < 1.29 is 31.1 Å². The summed E-state index contributed by atoms with van der Waals surface area (Å²) in [4.78, 5) is 19.1. The van der Waals surface area contributed by atoms with Crippen molar-refractivity contribution in [2.45, 2.75) is 65.9 Å². The first kappa shape index (κ1) is 30.2. The Labute approximate surface area is 224 Å². The van der Waals surface area contributed by atoms with E-state index in [0.29, 0.717) is 24.1 Å². The van der Waals surface area contributed by atoms with Crippen LogP contribution in [-0.2, 0) is 25.3 Å².